The van der Waals surface area contributed by atoms with Crippen LogP contribution in [0.15, 0.2) is 18.2 Å². The fourth-order valence-corrected chi connectivity index (χ4v) is 2.34. The molecule has 0 radical (unpaired) electrons. The molecule has 2 nitrogen and oxygen atoms in total. The molecule has 1 aromatic carbocycles. The summed E-state index contributed by atoms with van der Waals surface area (Å²) in [5, 5.41) is 9.47. The third-order valence-corrected chi connectivity index (χ3v) is 3.38. The molecule has 84 valence electrons. The highest BCUT2D eigenvalue weighted by Crippen LogP contribution is 2.21. The largest absolute Gasteiger partial charge is 0.299 e. The predicted molar refractivity (Wildman–Crippen MR) is 65.3 cm³/mol. The van der Waals surface area contributed by atoms with Crippen molar-refractivity contribution in [3.8, 4) is 6.07 Å². The number of piperidine rings is 1. The van der Waals surface area contributed by atoms with Gasteiger partial charge in [-0.15, -0.1) is 0 Å². The van der Waals surface area contributed by atoms with Crippen LogP contribution in [0.2, 0.25) is 5.02 Å². The van der Waals surface area contributed by atoms with Gasteiger partial charge >= 0.3 is 0 Å². The van der Waals surface area contributed by atoms with Crippen LogP contribution in [0.5, 0.6) is 0 Å². The van der Waals surface area contributed by atoms with Crippen molar-refractivity contribution >= 4 is 11.6 Å². The summed E-state index contributed by atoms with van der Waals surface area (Å²) in [4.78, 5) is 2.43. The van der Waals surface area contributed by atoms with Crippen molar-refractivity contribution in [2.45, 2.75) is 25.8 Å². The second kappa shape index (κ2) is 5.34. The number of nitrogens with zero attached hydrogens (tertiary/aromatic N) is 2. The van der Waals surface area contributed by atoms with Crippen molar-refractivity contribution < 1.29 is 0 Å². The van der Waals surface area contributed by atoms with E-state index in [4.69, 9.17) is 16.9 Å². The third kappa shape index (κ3) is 2.75. The van der Waals surface area contributed by atoms with Crippen molar-refractivity contribution in [3.05, 3.63) is 34.3 Å². The Morgan fingerprint density at radius 1 is 1.25 bits per heavy atom. The van der Waals surface area contributed by atoms with E-state index < -0.39 is 0 Å². The van der Waals surface area contributed by atoms with Crippen LogP contribution in [0.3, 0.4) is 0 Å². The molecule has 0 N–H and O–H groups in total. The van der Waals surface area contributed by atoms with Gasteiger partial charge in [0.2, 0.25) is 0 Å². The van der Waals surface area contributed by atoms with Gasteiger partial charge < -0.3 is 0 Å². The van der Waals surface area contributed by atoms with Gasteiger partial charge in [-0.3, -0.25) is 4.90 Å². The maximum atomic E-state index is 8.76. The molecule has 2 rings (SSSR count). The van der Waals surface area contributed by atoms with Crippen LogP contribution in [0, 0.1) is 11.3 Å². The topological polar surface area (TPSA) is 27.0 Å². The minimum Gasteiger partial charge on any atom is -0.299 e. The van der Waals surface area contributed by atoms with Crippen LogP contribution in [-0.4, -0.2) is 18.0 Å². The molecule has 1 aliphatic heterocycles. The van der Waals surface area contributed by atoms with Gasteiger partial charge in [-0.05, 0) is 43.6 Å². The second-order valence-corrected chi connectivity index (χ2v) is 4.66. The molecule has 0 unspecified atom stereocenters. The van der Waals surface area contributed by atoms with Crippen LogP contribution in [0.4, 0.5) is 0 Å². The second-order valence-electron chi connectivity index (χ2n) is 4.25. The molecule has 0 bridgehead atoms. The first kappa shape index (κ1) is 11.4. The number of benzene rings is 1. The molecule has 1 aliphatic rings. The molecule has 1 aromatic rings. The molecule has 0 saturated carbocycles. The van der Waals surface area contributed by atoms with E-state index >= 15 is 0 Å². The molecule has 1 saturated heterocycles. The fraction of sp³-hybridized carbons (Fsp3) is 0.462. The Morgan fingerprint density at radius 3 is 2.62 bits per heavy atom. The lowest BCUT2D eigenvalue weighted by atomic mass is 10.1. The maximum absolute atomic E-state index is 8.76. The van der Waals surface area contributed by atoms with Gasteiger partial charge in [0, 0.05) is 11.6 Å². The number of halogens is 1. The fourth-order valence-electron chi connectivity index (χ4n) is 2.10. The van der Waals surface area contributed by atoms with E-state index in [0.29, 0.717) is 10.6 Å². The lowest BCUT2D eigenvalue weighted by molar-refractivity contribution is 0.221. The summed E-state index contributed by atoms with van der Waals surface area (Å²) in [5.41, 5.74) is 1.76. The Morgan fingerprint density at radius 2 is 2.00 bits per heavy atom. The van der Waals surface area contributed by atoms with E-state index in [1.807, 2.05) is 12.1 Å². The van der Waals surface area contributed by atoms with Gasteiger partial charge in [-0.1, -0.05) is 24.1 Å². The molecule has 0 spiro atoms. The minimum absolute atomic E-state index is 0.632. The van der Waals surface area contributed by atoms with E-state index in [1.165, 1.54) is 19.3 Å². The maximum Gasteiger partial charge on any atom is 0.0992 e. The van der Waals surface area contributed by atoms with Crippen molar-refractivity contribution in [2.75, 3.05) is 13.1 Å². The summed E-state index contributed by atoms with van der Waals surface area (Å²) in [5.74, 6) is 0. The number of likely N-dealkylation sites (tertiary alicyclic amines) is 1. The Kier molecular flexibility index (Phi) is 3.82. The van der Waals surface area contributed by atoms with Crippen molar-refractivity contribution in [1.82, 2.24) is 4.90 Å². The number of hydrogen-bond donors (Lipinski definition) is 0. The highest BCUT2D eigenvalue weighted by atomic mass is 35.5. The normalized spacial score (nSPS) is 17.0. The Labute approximate surface area is 101 Å². The van der Waals surface area contributed by atoms with E-state index in [-0.39, 0.29) is 0 Å². The lowest BCUT2D eigenvalue weighted by Crippen LogP contribution is -2.29. The number of hydrogen-bond acceptors (Lipinski definition) is 2. The summed E-state index contributed by atoms with van der Waals surface area (Å²) < 4.78 is 0. The molecule has 3 heteroatoms. The zero-order valence-electron chi connectivity index (χ0n) is 9.25. The average molecular weight is 235 g/mol. The zero-order chi connectivity index (χ0) is 11.4. The zero-order valence-corrected chi connectivity index (χ0v) is 10.0. The quantitative estimate of drug-likeness (QED) is 0.786. The lowest BCUT2D eigenvalue weighted by Gasteiger charge is -2.26. The van der Waals surface area contributed by atoms with Crippen LogP contribution in [0.25, 0.3) is 0 Å². The van der Waals surface area contributed by atoms with Crippen LogP contribution >= 0.6 is 11.6 Å². The molecule has 0 atom stereocenters. The SMILES string of the molecule is N#Cc1ccc(CN2CCCCC2)c(Cl)c1. The summed E-state index contributed by atoms with van der Waals surface area (Å²) in [6, 6.07) is 7.66. The Balaban J connectivity index is 2.06. The van der Waals surface area contributed by atoms with E-state index in [9.17, 15) is 0 Å². The van der Waals surface area contributed by atoms with Crippen molar-refractivity contribution in [1.29, 1.82) is 5.26 Å². The first-order valence-electron chi connectivity index (χ1n) is 5.70. The van der Waals surface area contributed by atoms with Gasteiger partial charge in [0.1, 0.15) is 0 Å². The van der Waals surface area contributed by atoms with Gasteiger partial charge in [-0.2, -0.15) is 5.26 Å². The van der Waals surface area contributed by atoms with Gasteiger partial charge in [0.25, 0.3) is 0 Å². The highest BCUT2D eigenvalue weighted by Gasteiger charge is 2.12. The van der Waals surface area contributed by atoms with Crippen molar-refractivity contribution in [2.24, 2.45) is 0 Å². The first-order chi connectivity index (χ1) is 7.79. The van der Waals surface area contributed by atoms with E-state index in [1.54, 1.807) is 6.07 Å². The highest BCUT2D eigenvalue weighted by molar-refractivity contribution is 6.31. The molecule has 16 heavy (non-hydrogen) atoms. The smallest absolute Gasteiger partial charge is 0.0992 e. The molecular weight excluding hydrogens is 220 g/mol. The Hall–Kier alpha value is -1.04. The molecule has 0 amide bonds. The summed E-state index contributed by atoms with van der Waals surface area (Å²) in [7, 11) is 0. The summed E-state index contributed by atoms with van der Waals surface area (Å²) in [6.07, 6.45) is 3.92. The average Bonchev–Trinajstić information content (AvgIpc) is 2.33. The van der Waals surface area contributed by atoms with Gasteiger partial charge in [-0.25, -0.2) is 0 Å². The molecule has 0 aromatic heterocycles. The minimum atomic E-state index is 0.632. The molecular formula is C13H15ClN2. The monoisotopic (exact) mass is 234 g/mol. The Bertz CT molecular complexity index is 403. The third-order valence-electron chi connectivity index (χ3n) is 3.02. The first-order valence-corrected chi connectivity index (χ1v) is 6.08. The van der Waals surface area contributed by atoms with Crippen molar-refractivity contribution in [3.63, 3.8) is 0 Å². The van der Waals surface area contributed by atoms with Crippen LogP contribution < -0.4 is 0 Å². The predicted octanol–water partition coefficient (Wildman–Crippen LogP) is 3.20. The van der Waals surface area contributed by atoms with Crippen LogP contribution in [0.1, 0.15) is 30.4 Å². The summed E-state index contributed by atoms with van der Waals surface area (Å²) in [6.45, 7) is 3.23. The van der Waals surface area contributed by atoms with E-state index in [0.717, 1.165) is 25.2 Å². The summed E-state index contributed by atoms with van der Waals surface area (Å²) >= 11 is 6.15. The van der Waals surface area contributed by atoms with Crippen LogP contribution in [-0.2, 0) is 6.54 Å². The molecule has 0 aliphatic carbocycles. The van der Waals surface area contributed by atoms with Gasteiger partial charge in [0.15, 0.2) is 0 Å². The molecule has 1 heterocycles. The number of nitriles is 1. The number of rotatable bonds is 2. The van der Waals surface area contributed by atoms with E-state index in [2.05, 4.69) is 11.0 Å². The van der Waals surface area contributed by atoms with Gasteiger partial charge in [0.05, 0.1) is 11.6 Å². The standard InChI is InChI=1S/C13H15ClN2/c14-13-8-11(9-15)4-5-12(13)10-16-6-2-1-3-7-16/h4-5,8H,1-3,6-7,10H2. The molecule has 1 fully saturated rings.